The molecule has 1 heterocycles. The fraction of sp³-hybridized carbons (Fsp3) is 0. The SMILES string of the molecule is N=C1C=Cc2ccc3cc(-c4cccc(-c5nc(-c6ccccc6)nc(-c6ccccc6)n5)c4)ccc3c2/C1=N/Nc1ccccc1. The molecule has 0 amide bonds. The van der Waals surface area contributed by atoms with E-state index in [0.29, 0.717) is 28.9 Å². The second kappa shape index (κ2) is 12.1. The van der Waals surface area contributed by atoms with Crippen molar-refractivity contribution >= 4 is 34.0 Å². The second-order valence-corrected chi connectivity index (χ2v) is 11.3. The van der Waals surface area contributed by atoms with Crippen LogP contribution in [-0.4, -0.2) is 26.4 Å². The summed E-state index contributed by atoms with van der Waals surface area (Å²) in [5, 5.41) is 15.5. The molecule has 2 N–H and O–H groups in total. The molecule has 0 unspecified atom stereocenters. The van der Waals surface area contributed by atoms with E-state index in [9.17, 15) is 0 Å². The summed E-state index contributed by atoms with van der Waals surface area (Å²) in [5.74, 6) is 1.88. The second-order valence-electron chi connectivity index (χ2n) is 11.3. The third-order valence-corrected chi connectivity index (χ3v) is 8.20. The molecule has 1 aromatic heterocycles. The molecule has 8 rings (SSSR count). The Morgan fingerprint density at radius 2 is 1.06 bits per heavy atom. The van der Waals surface area contributed by atoms with Crippen LogP contribution < -0.4 is 5.43 Å². The smallest absolute Gasteiger partial charge is 0.164 e. The molecule has 6 nitrogen and oxygen atoms in total. The zero-order valence-electron chi connectivity index (χ0n) is 25.3. The van der Waals surface area contributed by atoms with E-state index in [4.69, 9.17) is 20.4 Å². The predicted molar refractivity (Wildman–Crippen MR) is 192 cm³/mol. The Labute approximate surface area is 272 Å². The van der Waals surface area contributed by atoms with Gasteiger partial charge in [-0.15, -0.1) is 0 Å². The third-order valence-electron chi connectivity index (χ3n) is 8.20. The summed E-state index contributed by atoms with van der Waals surface area (Å²) in [6, 6.07) is 48.8. The molecule has 1 aliphatic carbocycles. The minimum atomic E-state index is 0.368. The van der Waals surface area contributed by atoms with Gasteiger partial charge in [-0.2, -0.15) is 5.10 Å². The standard InChI is InChI=1S/C41H28N6/c42-36-24-22-27-19-20-32-25-31(21-23-35(32)37(27)38(36)47-46-34-17-8-3-9-18-34)30-15-10-16-33(26-30)41-44-39(28-11-4-1-5-12-28)43-40(45-41)29-13-6-2-7-14-29/h1-26,42,46H/b42-36?,47-38+. The number of hydrogen-bond acceptors (Lipinski definition) is 6. The molecule has 6 heteroatoms. The van der Waals surface area contributed by atoms with Crippen molar-refractivity contribution in [2.45, 2.75) is 0 Å². The van der Waals surface area contributed by atoms with Crippen LogP contribution in [0.1, 0.15) is 11.1 Å². The van der Waals surface area contributed by atoms with Crippen LogP contribution in [0.5, 0.6) is 0 Å². The summed E-state index contributed by atoms with van der Waals surface area (Å²) in [7, 11) is 0. The number of rotatable bonds is 6. The lowest BCUT2D eigenvalue weighted by Crippen LogP contribution is -2.19. The van der Waals surface area contributed by atoms with Crippen LogP contribution in [0.4, 0.5) is 5.69 Å². The lowest BCUT2D eigenvalue weighted by molar-refractivity contribution is 1.07. The number of para-hydroxylation sites is 1. The van der Waals surface area contributed by atoms with Crippen molar-refractivity contribution in [2.24, 2.45) is 5.10 Å². The van der Waals surface area contributed by atoms with Crippen LogP contribution in [0.15, 0.2) is 157 Å². The Morgan fingerprint density at radius 1 is 0.489 bits per heavy atom. The van der Waals surface area contributed by atoms with E-state index in [1.807, 2.05) is 109 Å². The number of nitrogens with zero attached hydrogens (tertiary/aromatic N) is 4. The molecule has 222 valence electrons. The van der Waals surface area contributed by atoms with Crippen LogP contribution in [0.25, 0.3) is 62.1 Å². The van der Waals surface area contributed by atoms with Crippen molar-refractivity contribution in [3.8, 4) is 45.3 Å². The average molecular weight is 605 g/mol. The molecule has 0 aliphatic heterocycles. The van der Waals surface area contributed by atoms with Gasteiger partial charge >= 0.3 is 0 Å². The normalized spacial score (nSPS) is 13.1. The summed E-state index contributed by atoms with van der Waals surface area (Å²) >= 11 is 0. The highest BCUT2D eigenvalue weighted by molar-refractivity contribution is 6.55. The average Bonchev–Trinajstić information content (AvgIpc) is 3.15. The number of hydrazone groups is 1. The topological polar surface area (TPSA) is 86.9 Å². The molecule has 0 saturated heterocycles. The highest BCUT2D eigenvalue weighted by Gasteiger charge is 2.20. The van der Waals surface area contributed by atoms with Gasteiger partial charge < -0.3 is 0 Å². The fourth-order valence-corrected chi connectivity index (χ4v) is 5.84. The van der Waals surface area contributed by atoms with E-state index in [0.717, 1.165) is 55.4 Å². The molecule has 0 saturated carbocycles. The first-order valence-corrected chi connectivity index (χ1v) is 15.4. The van der Waals surface area contributed by atoms with Gasteiger partial charge in [0.05, 0.1) is 11.4 Å². The van der Waals surface area contributed by atoms with Gasteiger partial charge in [0.1, 0.15) is 5.71 Å². The lowest BCUT2D eigenvalue weighted by atomic mass is 9.88. The monoisotopic (exact) mass is 604 g/mol. The van der Waals surface area contributed by atoms with E-state index in [1.165, 1.54) is 0 Å². The zero-order valence-corrected chi connectivity index (χ0v) is 25.3. The molecule has 7 aromatic rings. The quantitative estimate of drug-likeness (QED) is 0.185. The molecule has 0 radical (unpaired) electrons. The van der Waals surface area contributed by atoms with E-state index < -0.39 is 0 Å². The summed E-state index contributed by atoms with van der Waals surface area (Å²) < 4.78 is 0. The van der Waals surface area contributed by atoms with Crippen molar-refractivity contribution in [1.29, 1.82) is 5.41 Å². The number of nitrogens with one attached hydrogen (secondary N) is 2. The molecule has 0 atom stereocenters. The lowest BCUT2D eigenvalue weighted by Gasteiger charge is -2.18. The number of allylic oxidation sites excluding steroid dienone is 1. The first-order chi connectivity index (χ1) is 23.2. The largest absolute Gasteiger partial charge is 0.299 e. The summed E-state index contributed by atoms with van der Waals surface area (Å²) in [5.41, 5.74) is 11.9. The van der Waals surface area contributed by atoms with Crippen LogP contribution in [0.2, 0.25) is 0 Å². The van der Waals surface area contributed by atoms with Crippen molar-refractivity contribution in [3.05, 3.63) is 163 Å². The van der Waals surface area contributed by atoms with Gasteiger partial charge in [0.25, 0.3) is 0 Å². The first kappa shape index (κ1) is 28.0. The number of anilines is 1. The van der Waals surface area contributed by atoms with E-state index in [-0.39, 0.29) is 0 Å². The van der Waals surface area contributed by atoms with Gasteiger partial charge in [0.2, 0.25) is 0 Å². The Kier molecular flexibility index (Phi) is 7.21. The Hall–Kier alpha value is -6.53. The van der Waals surface area contributed by atoms with Crippen LogP contribution in [0, 0.1) is 5.41 Å². The Balaban J connectivity index is 1.19. The molecule has 1 aliphatic rings. The molecule has 47 heavy (non-hydrogen) atoms. The van der Waals surface area contributed by atoms with Gasteiger partial charge in [-0.3, -0.25) is 10.8 Å². The first-order valence-electron chi connectivity index (χ1n) is 15.4. The highest BCUT2D eigenvalue weighted by atomic mass is 15.3. The molecular formula is C41H28N6. The summed E-state index contributed by atoms with van der Waals surface area (Å²) in [4.78, 5) is 14.7. The van der Waals surface area contributed by atoms with E-state index in [2.05, 4.69) is 53.0 Å². The van der Waals surface area contributed by atoms with Gasteiger partial charge in [-0.25, -0.2) is 15.0 Å². The Morgan fingerprint density at radius 3 is 1.74 bits per heavy atom. The molecular weight excluding hydrogens is 576 g/mol. The van der Waals surface area contributed by atoms with E-state index >= 15 is 0 Å². The maximum Gasteiger partial charge on any atom is 0.164 e. The maximum atomic E-state index is 8.67. The minimum absolute atomic E-state index is 0.368. The number of aromatic nitrogens is 3. The van der Waals surface area contributed by atoms with Crippen LogP contribution in [-0.2, 0) is 0 Å². The van der Waals surface area contributed by atoms with Crippen LogP contribution >= 0.6 is 0 Å². The predicted octanol–water partition coefficient (Wildman–Crippen LogP) is 9.56. The summed E-state index contributed by atoms with van der Waals surface area (Å²) in [6.07, 6.45) is 3.78. The Bertz CT molecular complexity index is 2270. The summed E-state index contributed by atoms with van der Waals surface area (Å²) in [6.45, 7) is 0. The van der Waals surface area contributed by atoms with Gasteiger partial charge in [0.15, 0.2) is 17.5 Å². The van der Waals surface area contributed by atoms with Crippen molar-refractivity contribution in [2.75, 3.05) is 5.43 Å². The minimum Gasteiger partial charge on any atom is -0.299 e. The molecule has 0 fully saturated rings. The molecule has 0 bridgehead atoms. The zero-order chi connectivity index (χ0) is 31.6. The number of hydrogen-bond donors (Lipinski definition) is 2. The van der Waals surface area contributed by atoms with Crippen molar-refractivity contribution < 1.29 is 0 Å². The fourth-order valence-electron chi connectivity index (χ4n) is 5.84. The van der Waals surface area contributed by atoms with Crippen LogP contribution in [0.3, 0.4) is 0 Å². The number of benzene rings is 6. The van der Waals surface area contributed by atoms with Crippen molar-refractivity contribution in [3.63, 3.8) is 0 Å². The number of fused-ring (bicyclic) bond motifs is 3. The maximum absolute atomic E-state index is 8.67. The van der Waals surface area contributed by atoms with Gasteiger partial charge in [0, 0.05) is 22.3 Å². The molecule has 0 spiro atoms. The van der Waals surface area contributed by atoms with Gasteiger partial charge in [-0.05, 0) is 57.8 Å². The van der Waals surface area contributed by atoms with Gasteiger partial charge in [-0.1, -0.05) is 127 Å². The van der Waals surface area contributed by atoms with Crippen molar-refractivity contribution in [1.82, 2.24) is 15.0 Å². The third kappa shape index (κ3) is 5.60. The highest BCUT2D eigenvalue weighted by Crippen LogP contribution is 2.33. The molecule has 6 aromatic carbocycles. The van der Waals surface area contributed by atoms with E-state index in [1.54, 1.807) is 6.08 Å².